The van der Waals surface area contributed by atoms with Crippen LogP contribution in [0.1, 0.15) is 0 Å². The highest BCUT2D eigenvalue weighted by molar-refractivity contribution is 7.89. The summed E-state index contributed by atoms with van der Waals surface area (Å²) < 4.78 is 32.8. The van der Waals surface area contributed by atoms with E-state index < -0.39 is 10.0 Å². The zero-order valence-electron chi connectivity index (χ0n) is 13.3. The minimum atomic E-state index is -3.50. The third-order valence-electron chi connectivity index (χ3n) is 4.41. The summed E-state index contributed by atoms with van der Waals surface area (Å²) in [5.41, 5.74) is 0.816. The van der Waals surface area contributed by atoms with Gasteiger partial charge < -0.3 is 14.7 Å². The maximum absolute atomic E-state index is 12.8. The Morgan fingerprint density at radius 1 is 1.17 bits per heavy atom. The molecule has 0 bridgehead atoms. The molecule has 1 N–H and O–H groups in total. The summed E-state index contributed by atoms with van der Waals surface area (Å²) in [6.45, 7) is 4.25. The van der Waals surface area contributed by atoms with Gasteiger partial charge in [-0.15, -0.1) is 0 Å². The number of fused-ring (bicyclic) bond motifs is 1. The normalized spacial score (nSPS) is 20.2. The van der Waals surface area contributed by atoms with Gasteiger partial charge in [-0.3, -0.25) is 4.90 Å². The predicted molar refractivity (Wildman–Crippen MR) is 87.5 cm³/mol. The fourth-order valence-corrected chi connectivity index (χ4v) is 4.42. The molecule has 0 aliphatic carbocycles. The van der Waals surface area contributed by atoms with Gasteiger partial charge in [-0.25, -0.2) is 8.42 Å². The molecule has 0 aromatic heterocycles. The third kappa shape index (κ3) is 3.30. The van der Waals surface area contributed by atoms with Crippen LogP contribution in [-0.4, -0.2) is 82.3 Å². The second kappa shape index (κ2) is 6.64. The predicted octanol–water partition coefficient (Wildman–Crippen LogP) is -0.186. The molecule has 0 saturated carbocycles. The van der Waals surface area contributed by atoms with Crippen molar-refractivity contribution >= 4 is 15.7 Å². The van der Waals surface area contributed by atoms with Gasteiger partial charge in [0.2, 0.25) is 10.0 Å². The number of hydrogen-bond acceptors (Lipinski definition) is 6. The fraction of sp³-hybridized carbons (Fsp3) is 0.600. The van der Waals surface area contributed by atoms with Gasteiger partial charge in [0.25, 0.3) is 0 Å². The molecule has 0 amide bonds. The van der Waals surface area contributed by atoms with Gasteiger partial charge in [0, 0.05) is 39.8 Å². The minimum absolute atomic E-state index is 0.101. The Morgan fingerprint density at radius 2 is 1.91 bits per heavy atom. The van der Waals surface area contributed by atoms with Gasteiger partial charge in [0.15, 0.2) is 0 Å². The molecule has 2 aliphatic heterocycles. The van der Waals surface area contributed by atoms with Crippen LogP contribution in [0.4, 0.5) is 5.69 Å². The third-order valence-corrected chi connectivity index (χ3v) is 6.31. The highest BCUT2D eigenvalue weighted by Crippen LogP contribution is 2.33. The highest BCUT2D eigenvalue weighted by Gasteiger charge is 2.29. The van der Waals surface area contributed by atoms with Gasteiger partial charge in [-0.05, 0) is 18.2 Å². The monoisotopic (exact) mass is 341 g/mol. The number of piperazine rings is 1. The Kier molecular flexibility index (Phi) is 4.77. The van der Waals surface area contributed by atoms with Crippen molar-refractivity contribution in [3.63, 3.8) is 0 Å². The van der Waals surface area contributed by atoms with E-state index in [1.165, 1.54) is 4.31 Å². The number of benzene rings is 1. The number of hydrogen-bond donors (Lipinski definition) is 1. The summed E-state index contributed by atoms with van der Waals surface area (Å²) in [6.07, 6.45) is 0. The zero-order chi connectivity index (χ0) is 16.4. The van der Waals surface area contributed by atoms with Crippen LogP contribution in [0.15, 0.2) is 23.1 Å². The number of β-amino-alcohol motifs (C(OH)–C–C–N with tert-alkyl or cyclic N) is 1. The van der Waals surface area contributed by atoms with Gasteiger partial charge in [-0.2, -0.15) is 4.31 Å². The molecule has 1 aromatic rings. The van der Waals surface area contributed by atoms with E-state index in [-0.39, 0.29) is 6.61 Å². The second-order valence-electron chi connectivity index (χ2n) is 5.87. The standard InChI is InChI=1S/C15H23N3O4S/c1-16-9-11-22-15-3-2-13(12-14(15)16)23(20,21)18-6-4-17(5-7-18)8-10-19/h2-3,12,19H,4-11H2,1H3. The summed E-state index contributed by atoms with van der Waals surface area (Å²) in [5.74, 6) is 0.727. The van der Waals surface area contributed by atoms with Crippen molar-refractivity contribution in [3.05, 3.63) is 18.2 Å². The van der Waals surface area contributed by atoms with Crippen molar-refractivity contribution in [2.24, 2.45) is 0 Å². The van der Waals surface area contributed by atoms with E-state index in [0.29, 0.717) is 44.2 Å². The summed E-state index contributed by atoms with van der Waals surface area (Å²) in [5, 5.41) is 8.97. The van der Waals surface area contributed by atoms with Crippen LogP contribution in [0.3, 0.4) is 0 Å². The first kappa shape index (κ1) is 16.5. The van der Waals surface area contributed by atoms with E-state index in [9.17, 15) is 8.42 Å². The smallest absolute Gasteiger partial charge is 0.243 e. The van der Waals surface area contributed by atoms with Crippen LogP contribution < -0.4 is 9.64 Å². The van der Waals surface area contributed by atoms with E-state index in [4.69, 9.17) is 9.84 Å². The molecule has 1 saturated heterocycles. The second-order valence-corrected chi connectivity index (χ2v) is 7.81. The van der Waals surface area contributed by atoms with Crippen molar-refractivity contribution in [1.29, 1.82) is 0 Å². The van der Waals surface area contributed by atoms with Crippen LogP contribution in [0.25, 0.3) is 0 Å². The van der Waals surface area contributed by atoms with E-state index in [1.54, 1.807) is 18.2 Å². The zero-order valence-corrected chi connectivity index (χ0v) is 14.1. The average molecular weight is 341 g/mol. The largest absolute Gasteiger partial charge is 0.490 e. The molecule has 0 spiro atoms. The highest BCUT2D eigenvalue weighted by atomic mass is 32.2. The summed E-state index contributed by atoms with van der Waals surface area (Å²) >= 11 is 0. The van der Waals surface area contributed by atoms with Crippen molar-refractivity contribution in [1.82, 2.24) is 9.21 Å². The van der Waals surface area contributed by atoms with Crippen LogP contribution in [0, 0.1) is 0 Å². The molecule has 0 atom stereocenters. The lowest BCUT2D eigenvalue weighted by molar-refractivity contribution is 0.151. The molecule has 3 rings (SSSR count). The molecule has 1 fully saturated rings. The van der Waals surface area contributed by atoms with Gasteiger partial charge >= 0.3 is 0 Å². The van der Waals surface area contributed by atoms with Crippen LogP contribution in [0.2, 0.25) is 0 Å². The topological polar surface area (TPSA) is 73.3 Å². The van der Waals surface area contributed by atoms with Crippen LogP contribution in [0.5, 0.6) is 5.75 Å². The van der Waals surface area contributed by atoms with E-state index in [2.05, 4.69) is 4.90 Å². The minimum Gasteiger partial charge on any atom is -0.490 e. The number of aliphatic hydroxyl groups is 1. The van der Waals surface area contributed by atoms with E-state index in [1.807, 2.05) is 11.9 Å². The van der Waals surface area contributed by atoms with Crippen molar-refractivity contribution in [2.45, 2.75) is 4.90 Å². The molecule has 1 aromatic carbocycles. The molecule has 0 radical (unpaired) electrons. The maximum Gasteiger partial charge on any atom is 0.243 e. The van der Waals surface area contributed by atoms with Crippen LogP contribution in [-0.2, 0) is 10.0 Å². The molecule has 2 heterocycles. The lowest BCUT2D eigenvalue weighted by Gasteiger charge is -2.34. The first-order valence-corrected chi connectivity index (χ1v) is 9.28. The molecule has 7 nitrogen and oxygen atoms in total. The van der Waals surface area contributed by atoms with Crippen molar-refractivity contribution < 1.29 is 18.3 Å². The lowest BCUT2D eigenvalue weighted by Crippen LogP contribution is -2.49. The molecular weight excluding hydrogens is 318 g/mol. The number of sulfonamides is 1. The number of likely N-dealkylation sites (N-methyl/N-ethyl adjacent to an activating group) is 1. The van der Waals surface area contributed by atoms with E-state index >= 15 is 0 Å². The lowest BCUT2D eigenvalue weighted by atomic mass is 10.2. The first-order valence-electron chi connectivity index (χ1n) is 7.84. The number of aliphatic hydroxyl groups excluding tert-OH is 1. The van der Waals surface area contributed by atoms with E-state index in [0.717, 1.165) is 18.0 Å². The van der Waals surface area contributed by atoms with Crippen LogP contribution >= 0.6 is 0 Å². The number of rotatable bonds is 4. The average Bonchev–Trinajstić information content (AvgIpc) is 2.56. The van der Waals surface area contributed by atoms with Gasteiger partial charge in [-0.1, -0.05) is 0 Å². The summed E-state index contributed by atoms with van der Waals surface area (Å²) in [7, 11) is -1.56. The van der Waals surface area contributed by atoms with Crippen molar-refractivity contribution in [3.8, 4) is 5.75 Å². The quantitative estimate of drug-likeness (QED) is 0.819. The Hall–Kier alpha value is -1.35. The summed E-state index contributed by atoms with van der Waals surface area (Å²) in [6, 6.07) is 5.05. The Bertz CT molecular complexity index is 657. The Balaban J connectivity index is 1.79. The SMILES string of the molecule is CN1CCOc2ccc(S(=O)(=O)N3CCN(CCO)CC3)cc21. The van der Waals surface area contributed by atoms with Gasteiger partial charge in [0.05, 0.1) is 23.7 Å². The fourth-order valence-electron chi connectivity index (χ4n) is 2.97. The number of ether oxygens (including phenoxy) is 1. The molecule has 2 aliphatic rings. The number of anilines is 1. The molecule has 0 unspecified atom stereocenters. The maximum atomic E-state index is 12.8. The molecule has 8 heteroatoms. The Morgan fingerprint density at radius 3 is 2.61 bits per heavy atom. The first-order chi connectivity index (χ1) is 11.0. The molecule has 23 heavy (non-hydrogen) atoms. The molecule has 128 valence electrons. The van der Waals surface area contributed by atoms with Crippen molar-refractivity contribution in [2.75, 3.05) is 64.4 Å². The van der Waals surface area contributed by atoms with Gasteiger partial charge in [0.1, 0.15) is 12.4 Å². The molecular formula is C15H23N3O4S. The Labute approximate surface area is 137 Å². The number of nitrogens with zero attached hydrogens (tertiary/aromatic N) is 3. The summed E-state index contributed by atoms with van der Waals surface area (Å²) in [4.78, 5) is 4.39.